The van der Waals surface area contributed by atoms with Gasteiger partial charge in [0.1, 0.15) is 17.0 Å². The number of aromatic nitrogens is 1. The van der Waals surface area contributed by atoms with Gasteiger partial charge in [0.05, 0.1) is 17.2 Å². The van der Waals surface area contributed by atoms with Gasteiger partial charge < -0.3 is 10.1 Å². The lowest BCUT2D eigenvalue weighted by atomic mass is 10.2. The highest BCUT2D eigenvalue weighted by Crippen LogP contribution is 2.10. The molecule has 1 amide bonds. The van der Waals surface area contributed by atoms with Crippen LogP contribution >= 0.6 is 11.3 Å². The molecular formula is C22H17F3N2O4S. The van der Waals surface area contributed by atoms with E-state index in [0.717, 1.165) is 40.2 Å². The molecule has 0 radical (unpaired) electrons. The minimum atomic E-state index is -1.08. The van der Waals surface area contributed by atoms with E-state index in [1.165, 1.54) is 30.3 Å². The van der Waals surface area contributed by atoms with Crippen LogP contribution < -0.4 is 20.1 Å². The lowest BCUT2D eigenvalue weighted by Gasteiger charge is -2.06. The standard InChI is InChI=1S/C22H17F3N2O4S/c1-2-31-21(29)11-20-27(12-19(28)26-15-5-3-4-14(23)10-15)22(30)18(32-20)9-13-6-7-16(24)17(25)8-13/h3-11H,2,12H2,1H3,(H,26,28)/b18-9-,20-11-. The molecule has 0 aliphatic rings. The van der Waals surface area contributed by atoms with Crippen molar-refractivity contribution in [3.8, 4) is 0 Å². The van der Waals surface area contributed by atoms with Crippen molar-refractivity contribution in [2.75, 3.05) is 11.9 Å². The molecule has 32 heavy (non-hydrogen) atoms. The number of nitrogens with one attached hydrogen (secondary N) is 1. The molecule has 166 valence electrons. The maximum atomic E-state index is 13.5. The summed E-state index contributed by atoms with van der Waals surface area (Å²) in [4.78, 5) is 37.2. The molecule has 0 bridgehead atoms. The first-order chi connectivity index (χ1) is 15.3. The molecule has 0 aliphatic carbocycles. The Balaban J connectivity index is 2.02. The molecule has 0 saturated heterocycles. The van der Waals surface area contributed by atoms with Crippen molar-refractivity contribution in [1.29, 1.82) is 0 Å². The van der Waals surface area contributed by atoms with Crippen LogP contribution in [0.25, 0.3) is 12.2 Å². The van der Waals surface area contributed by atoms with Crippen LogP contribution in [0.1, 0.15) is 12.5 Å². The van der Waals surface area contributed by atoms with E-state index in [2.05, 4.69) is 5.32 Å². The van der Waals surface area contributed by atoms with E-state index in [1.54, 1.807) is 6.92 Å². The Bertz CT molecular complexity index is 1350. The van der Waals surface area contributed by atoms with Crippen LogP contribution in [0.5, 0.6) is 0 Å². The number of rotatable bonds is 6. The Morgan fingerprint density at radius 1 is 1.12 bits per heavy atom. The van der Waals surface area contributed by atoms with Crippen LogP contribution in [0, 0.1) is 17.5 Å². The fraction of sp³-hybridized carbons (Fsp3) is 0.136. The summed E-state index contributed by atoms with van der Waals surface area (Å²) < 4.78 is 46.1. The average molecular weight is 462 g/mol. The second-order valence-corrected chi connectivity index (χ2v) is 7.53. The maximum Gasteiger partial charge on any atom is 0.333 e. The van der Waals surface area contributed by atoms with Gasteiger partial charge in [0.25, 0.3) is 5.56 Å². The third-order valence-corrected chi connectivity index (χ3v) is 5.18. The van der Waals surface area contributed by atoms with Gasteiger partial charge in [0.2, 0.25) is 5.91 Å². The van der Waals surface area contributed by atoms with Crippen molar-refractivity contribution < 1.29 is 27.5 Å². The van der Waals surface area contributed by atoms with E-state index in [4.69, 9.17) is 4.74 Å². The van der Waals surface area contributed by atoms with E-state index in [-0.39, 0.29) is 27.1 Å². The Morgan fingerprint density at radius 2 is 1.91 bits per heavy atom. The molecule has 1 heterocycles. The molecule has 6 nitrogen and oxygen atoms in total. The van der Waals surface area contributed by atoms with Gasteiger partial charge in [-0.2, -0.15) is 0 Å². The number of benzene rings is 2. The van der Waals surface area contributed by atoms with Crippen molar-refractivity contribution >= 4 is 41.1 Å². The molecule has 10 heteroatoms. The smallest absolute Gasteiger partial charge is 0.333 e. The number of nitrogens with zero attached hydrogens (tertiary/aromatic N) is 1. The number of carbonyl (C=O) groups is 2. The van der Waals surface area contributed by atoms with Crippen LogP contribution in [-0.2, 0) is 20.9 Å². The quantitative estimate of drug-likeness (QED) is 0.570. The van der Waals surface area contributed by atoms with Crippen molar-refractivity contribution in [2.45, 2.75) is 13.5 Å². The number of carbonyl (C=O) groups excluding carboxylic acids is 2. The summed E-state index contributed by atoms with van der Waals surface area (Å²) in [5.41, 5.74) is -0.200. The van der Waals surface area contributed by atoms with Gasteiger partial charge in [-0.25, -0.2) is 18.0 Å². The molecule has 0 fully saturated rings. The van der Waals surface area contributed by atoms with E-state index < -0.39 is 41.4 Å². The summed E-state index contributed by atoms with van der Waals surface area (Å²) in [5, 5.41) is 2.47. The first kappa shape index (κ1) is 23.0. The van der Waals surface area contributed by atoms with E-state index >= 15 is 0 Å². The van der Waals surface area contributed by atoms with E-state index in [9.17, 15) is 27.6 Å². The van der Waals surface area contributed by atoms with Gasteiger partial charge in [-0.1, -0.05) is 12.1 Å². The summed E-state index contributed by atoms with van der Waals surface area (Å²) in [6.07, 6.45) is 2.38. The summed E-state index contributed by atoms with van der Waals surface area (Å²) in [6, 6.07) is 8.35. The number of hydrogen-bond acceptors (Lipinski definition) is 5. The van der Waals surface area contributed by atoms with Crippen LogP contribution in [0.3, 0.4) is 0 Å². The van der Waals surface area contributed by atoms with Crippen molar-refractivity contribution in [3.63, 3.8) is 0 Å². The van der Waals surface area contributed by atoms with Crippen molar-refractivity contribution in [1.82, 2.24) is 4.57 Å². The zero-order valence-electron chi connectivity index (χ0n) is 16.7. The Kier molecular flexibility index (Phi) is 7.26. The maximum absolute atomic E-state index is 13.5. The predicted molar refractivity (Wildman–Crippen MR) is 114 cm³/mol. The minimum absolute atomic E-state index is 0.0881. The van der Waals surface area contributed by atoms with Gasteiger partial charge in [-0.3, -0.25) is 14.2 Å². The molecule has 0 spiro atoms. The topological polar surface area (TPSA) is 77.4 Å². The van der Waals surface area contributed by atoms with Gasteiger partial charge in [0, 0.05) is 5.69 Å². The minimum Gasteiger partial charge on any atom is -0.463 e. The van der Waals surface area contributed by atoms with Gasteiger partial charge in [-0.05, 0) is 48.9 Å². The first-order valence-corrected chi connectivity index (χ1v) is 10.2. The van der Waals surface area contributed by atoms with Crippen LogP contribution in [0.15, 0.2) is 47.3 Å². The third-order valence-electron chi connectivity index (χ3n) is 4.12. The van der Waals surface area contributed by atoms with E-state index in [0.29, 0.717) is 0 Å². The Labute approximate surface area is 183 Å². The number of halogens is 3. The molecule has 1 N–H and O–H groups in total. The fourth-order valence-corrected chi connectivity index (χ4v) is 3.77. The lowest BCUT2D eigenvalue weighted by Crippen LogP contribution is -2.36. The average Bonchev–Trinajstić information content (AvgIpc) is 2.99. The van der Waals surface area contributed by atoms with Crippen LogP contribution in [0.4, 0.5) is 18.9 Å². The van der Waals surface area contributed by atoms with Crippen molar-refractivity contribution in [2.24, 2.45) is 0 Å². The normalized spacial score (nSPS) is 12.1. The van der Waals surface area contributed by atoms with Crippen molar-refractivity contribution in [3.05, 3.63) is 85.0 Å². The number of amides is 1. The van der Waals surface area contributed by atoms with Crippen LogP contribution in [-0.4, -0.2) is 23.1 Å². The van der Waals surface area contributed by atoms with Crippen LogP contribution in [0.2, 0.25) is 0 Å². The highest BCUT2D eigenvalue weighted by molar-refractivity contribution is 7.07. The zero-order valence-corrected chi connectivity index (χ0v) is 17.5. The third kappa shape index (κ3) is 5.73. The first-order valence-electron chi connectivity index (χ1n) is 9.37. The Morgan fingerprint density at radius 3 is 2.59 bits per heavy atom. The number of thiazole rings is 1. The summed E-state index contributed by atoms with van der Waals surface area (Å²) in [5.74, 6) is -4.00. The van der Waals surface area contributed by atoms with Gasteiger partial charge in [-0.15, -0.1) is 11.3 Å². The largest absolute Gasteiger partial charge is 0.463 e. The predicted octanol–water partition coefficient (Wildman–Crippen LogP) is 2.14. The summed E-state index contributed by atoms with van der Waals surface area (Å²) >= 11 is 0.878. The second-order valence-electron chi connectivity index (χ2n) is 6.47. The highest BCUT2D eigenvalue weighted by atomic mass is 32.1. The highest BCUT2D eigenvalue weighted by Gasteiger charge is 2.12. The number of esters is 1. The molecule has 0 aliphatic heterocycles. The molecular weight excluding hydrogens is 445 g/mol. The number of ether oxygens (including phenoxy) is 1. The Hall–Kier alpha value is -3.66. The SMILES string of the molecule is CCOC(=O)/C=c1\s/c(=C\c2ccc(F)c(F)c2)c(=O)n1CC(=O)Nc1cccc(F)c1. The summed E-state index contributed by atoms with van der Waals surface area (Å²) in [7, 11) is 0. The molecule has 3 rings (SSSR count). The zero-order chi connectivity index (χ0) is 23.3. The lowest BCUT2D eigenvalue weighted by molar-refractivity contribution is -0.135. The van der Waals surface area contributed by atoms with Gasteiger partial charge >= 0.3 is 5.97 Å². The fourth-order valence-electron chi connectivity index (χ4n) is 2.74. The summed E-state index contributed by atoms with van der Waals surface area (Å²) in [6.45, 7) is 1.25. The molecule has 3 aromatic rings. The number of hydrogen-bond donors (Lipinski definition) is 1. The monoisotopic (exact) mass is 462 g/mol. The molecule has 2 aromatic carbocycles. The number of anilines is 1. The molecule has 0 unspecified atom stereocenters. The van der Waals surface area contributed by atoms with Gasteiger partial charge in [0.15, 0.2) is 11.6 Å². The molecule has 1 aromatic heterocycles. The van der Waals surface area contributed by atoms with E-state index in [1.807, 2.05) is 0 Å². The second kappa shape index (κ2) is 10.1. The molecule has 0 saturated carbocycles. The molecule has 0 atom stereocenters.